The number of ether oxygens (including phenoxy) is 1. The Balaban J connectivity index is 1.34. The number of hydrogen-bond donors (Lipinski definition) is 0. The summed E-state index contributed by atoms with van der Waals surface area (Å²) in [6, 6.07) is 15.5. The lowest BCUT2D eigenvalue weighted by atomic mass is 9.98. The Labute approximate surface area is 243 Å². The second-order valence-corrected chi connectivity index (χ2v) is 11.7. The lowest BCUT2D eigenvalue weighted by Gasteiger charge is -2.33. The first-order valence-electron chi connectivity index (χ1n) is 14.4. The van der Waals surface area contributed by atoms with Gasteiger partial charge in [-0.1, -0.05) is 54.9 Å². The average molecular weight is 568 g/mol. The van der Waals surface area contributed by atoms with Gasteiger partial charge in [0.25, 0.3) is 0 Å². The van der Waals surface area contributed by atoms with E-state index in [1.54, 1.807) is 12.4 Å². The van der Waals surface area contributed by atoms with E-state index in [0.717, 1.165) is 35.8 Å². The monoisotopic (exact) mass is 567 g/mol. The molecule has 2 aromatic carbocycles. The van der Waals surface area contributed by atoms with Crippen molar-refractivity contribution in [1.82, 2.24) is 19.9 Å². The van der Waals surface area contributed by atoms with Gasteiger partial charge in [0.1, 0.15) is 17.0 Å². The topological polar surface area (TPSA) is 64.0 Å². The fourth-order valence-electron chi connectivity index (χ4n) is 6.63. The van der Waals surface area contributed by atoms with E-state index < -0.39 is 5.82 Å². The van der Waals surface area contributed by atoms with E-state index in [-0.39, 0.29) is 23.1 Å². The van der Waals surface area contributed by atoms with Crippen molar-refractivity contribution in [2.24, 2.45) is 11.8 Å². The number of anilines is 1. The van der Waals surface area contributed by atoms with E-state index in [0.29, 0.717) is 40.2 Å². The number of aromatic nitrogens is 4. The van der Waals surface area contributed by atoms with E-state index in [2.05, 4.69) is 26.8 Å². The quantitative estimate of drug-likeness (QED) is 0.200. The van der Waals surface area contributed by atoms with Crippen molar-refractivity contribution < 1.29 is 9.13 Å². The normalized spacial score (nSPS) is 19.1. The Morgan fingerprint density at radius 2 is 1.83 bits per heavy atom. The summed E-state index contributed by atoms with van der Waals surface area (Å²) in [6.07, 6.45) is 9.92. The third kappa shape index (κ3) is 4.86. The highest BCUT2D eigenvalue weighted by Crippen LogP contribution is 2.41. The molecular formula is C33H31ClFN5O. The maximum absolute atomic E-state index is 16.6. The third-order valence-electron chi connectivity index (χ3n) is 8.72. The summed E-state index contributed by atoms with van der Waals surface area (Å²) in [5, 5.41) is 2.85. The van der Waals surface area contributed by atoms with Gasteiger partial charge in [0, 0.05) is 53.6 Å². The summed E-state index contributed by atoms with van der Waals surface area (Å²) in [6.45, 7) is 4.29. The van der Waals surface area contributed by atoms with Gasteiger partial charge in [-0.15, -0.1) is 0 Å². The number of halogens is 2. The van der Waals surface area contributed by atoms with E-state index in [4.69, 9.17) is 21.3 Å². The molecule has 1 aliphatic heterocycles. The molecule has 0 spiro atoms. The van der Waals surface area contributed by atoms with E-state index >= 15 is 4.39 Å². The maximum atomic E-state index is 16.6. The molecule has 4 heterocycles. The van der Waals surface area contributed by atoms with Gasteiger partial charge in [-0.2, -0.15) is 9.97 Å². The highest BCUT2D eigenvalue weighted by Gasteiger charge is 2.35. The fraction of sp³-hybridized carbons (Fsp3) is 0.333. The highest BCUT2D eigenvalue weighted by molar-refractivity contribution is 6.36. The standard InChI is InChI=1S/C33H31ClFN5O/c1-2-22(24-8-5-13-36-15-24)19-41-33-38-31-26(32(39-33)40-17-20-11-12-21(14-20)18-40)16-37-30(29(31)35)25-9-3-6-23-7-4-10-27(34)28(23)25/h3-10,13,15-16,20-22H,2,11-12,14,17-19H2,1H3. The number of piperidine rings is 1. The molecule has 2 bridgehead atoms. The molecule has 7 rings (SSSR count). The van der Waals surface area contributed by atoms with Crippen LogP contribution in [0.25, 0.3) is 32.9 Å². The summed E-state index contributed by atoms with van der Waals surface area (Å²) >= 11 is 6.60. The Bertz CT molecular complexity index is 1720. The average Bonchev–Trinajstić information content (AvgIpc) is 3.35. The largest absolute Gasteiger partial charge is 0.463 e. The van der Waals surface area contributed by atoms with Crippen LogP contribution in [0.5, 0.6) is 6.01 Å². The number of benzene rings is 2. The van der Waals surface area contributed by atoms with Crippen LogP contribution in [-0.2, 0) is 0 Å². The molecular weight excluding hydrogens is 537 g/mol. The van der Waals surface area contributed by atoms with Crippen LogP contribution < -0.4 is 9.64 Å². The van der Waals surface area contributed by atoms with Crippen molar-refractivity contribution in [3.63, 3.8) is 0 Å². The van der Waals surface area contributed by atoms with Crippen molar-refractivity contribution in [1.29, 1.82) is 0 Å². The van der Waals surface area contributed by atoms with Gasteiger partial charge in [-0.25, -0.2) is 4.39 Å². The molecule has 2 fully saturated rings. The van der Waals surface area contributed by atoms with Crippen LogP contribution in [0.3, 0.4) is 0 Å². The molecule has 6 nitrogen and oxygen atoms in total. The van der Waals surface area contributed by atoms with Gasteiger partial charge < -0.3 is 9.64 Å². The highest BCUT2D eigenvalue weighted by atomic mass is 35.5. The lowest BCUT2D eigenvalue weighted by molar-refractivity contribution is 0.264. The summed E-state index contributed by atoms with van der Waals surface area (Å²) in [5.41, 5.74) is 2.15. The summed E-state index contributed by atoms with van der Waals surface area (Å²) in [5.74, 6) is 1.58. The molecule has 0 radical (unpaired) electrons. The van der Waals surface area contributed by atoms with E-state index in [1.807, 2.05) is 54.7 Å². The molecule has 208 valence electrons. The van der Waals surface area contributed by atoms with Gasteiger partial charge in [0.2, 0.25) is 0 Å². The summed E-state index contributed by atoms with van der Waals surface area (Å²) in [7, 11) is 0. The molecule has 3 unspecified atom stereocenters. The number of hydrogen-bond acceptors (Lipinski definition) is 6. The summed E-state index contributed by atoms with van der Waals surface area (Å²) < 4.78 is 22.8. The van der Waals surface area contributed by atoms with Gasteiger partial charge in [-0.3, -0.25) is 9.97 Å². The molecule has 5 aromatic rings. The molecule has 3 atom stereocenters. The number of rotatable bonds is 7. The van der Waals surface area contributed by atoms with Gasteiger partial charge >= 0.3 is 6.01 Å². The molecule has 41 heavy (non-hydrogen) atoms. The second-order valence-electron chi connectivity index (χ2n) is 11.3. The minimum absolute atomic E-state index is 0.118. The van der Waals surface area contributed by atoms with Crippen molar-refractivity contribution in [2.75, 3.05) is 24.6 Å². The first-order chi connectivity index (χ1) is 20.1. The zero-order valence-electron chi connectivity index (χ0n) is 22.9. The third-order valence-corrected chi connectivity index (χ3v) is 9.04. The van der Waals surface area contributed by atoms with Crippen LogP contribution in [0.4, 0.5) is 10.2 Å². The van der Waals surface area contributed by atoms with Crippen LogP contribution in [0.15, 0.2) is 67.1 Å². The molecule has 1 saturated heterocycles. The lowest BCUT2D eigenvalue weighted by Crippen LogP contribution is -2.37. The van der Waals surface area contributed by atoms with E-state index in [1.165, 1.54) is 19.3 Å². The van der Waals surface area contributed by atoms with Crippen LogP contribution in [0.2, 0.25) is 5.02 Å². The smallest absolute Gasteiger partial charge is 0.319 e. The molecule has 8 heteroatoms. The van der Waals surface area contributed by atoms with Gasteiger partial charge in [-0.05, 0) is 60.6 Å². The van der Waals surface area contributed by atoms with Gasteiger partial charge in [0.15, 0.2) is 5.82 Å². The SMILES string of the molecule is CCC(COc1nc(N2CC3CCC(C3)C2)c2cnc(-c3cccc4cccc(Cl)c34)c(F)c2n1)c1cccnc1. The summed E-state index contributed by atoms with van der Waals surface area (Å²) in [4.78, 5) is 20.7. The molecule has 3 aromatic heterocycles. The van der Waals surface area contributed by atoms with Crippen molar-refractivity contribution in [3.05, 3.63) is 83.5 Å². The van der Waals surface area contributed by atoms with Crippen molar-refractivity contribution in [3.8, 4) is 17.3 Å². The number of pyridine rings is 2. The van der Waals surface area contributed by atoms with Crippen LogP contribution in [-0.4, -0.2) is 39.6 Å². The number of fused-ring (bicyclic) bond motifs is 4. The zero-order valence-corrected chi connectivity index (χ0v) is 23.7. The van der Waals surface area contributed by atoms with Crippen molar-refractivity contribution >= 4 is 39.1 Å². The second kappa shape index (κ2) is 10.9. The van der Waals surface area contributed by atoms with Crippen LogP contribution in [0.1, 0.15) is 44.1 Å². The molecule has 2 aliphatic rings. The first kappa shape index (κ1) is 26.1. The van der Waals surface area contributed by atoms with E-state index in [9.17, 15) is 0 Å². The molecule has 1 aliphatic carbocycles. The fourth-order valence-corrected chi connectivity index (χ4v) is 6.91. The Kier molecular flexibility index (Phi) is 6.91. The minimum Gasteiger partial charge on any atom is -0.463 e. The number of nitrogens with zero attached hydrogens (tertiary/aromatic N) is 5. The van der Waals surface area contributed by atoms with Crippen LogP contribution >= 0.6 is 11.6 Å². The first-order valence-corrected chi connectivity index (χ1v) is 14.8. The van der Waals surface area contributed by atoms with Gasteiger partial charge in [0.05, 0.1) is 12.0 Å². The minimum atomic E-state index is -0.497. The maximum Gasteiger partial charge on any atom is 0.319 e. The Morgan fingerprint density at radius 1 is 1.02 bits per heavy atom. The molecule has 0 N–H and O–H groups in total. The predicted molar refractivity (Wildman–Crippen MR) is 161 cm³/mol. The zero-order chi connectivity index (χ0) is 27.9. The predicted octanol–water partition coefficient (Wildman–Crippen LogP) is 7.84. The van der Waals surface area contributed by atoms with Crippen LogP contribution in [0, 0.1) is 17.7 Å². The molecule has 1 saturated carbocycles. The Hall–Kier alpha value is -3.84. The Morgan fingerprint density at radius 3 is 2.59 bits per heavy atom. The van der Waals surface area contributed by atoms with Crippen molar-refractivity contribution in [2.45, 2.75) is 38.5 Å². The molecule has 0 amide bonds.